The second-order valence-corrected chi connectivity index (χ2v) is 5.65. The molecule has 110 valence electrons. The van der Waals surface area contributed by atoms with Gasteiger partial charge in [-0.3, -0.25) is 14.3 Å². The van der Waals surface area contributed by atoms with Crippen LogP contribution in [-0.2, 0) is 16.1 Å². The summed E-state index contributed by atoms with van der Waals surface area (Å²) in [6.45, 7) is 6.70. The highest BCUT2D eigenvalue weighted by atomic mass is 16.4. The number of carboxylic acids is 1. The van der Waals surface area contributed by atoms with Gasteiger partial charge in [-0.1, -0.05) is 6.92 Å². The molecule has 3 atom stereocenters. The molecule has 2 rings (SSSR count). The molecule has 20 heavy (non-hydrogen) atoms. The number of nitrogens with zero attached hydrogens (tertiary/aromatic N) is 3. The van der Waals surface area contributed by atoms with E-state index >= 15 is 0 Å². The number of hydrogen-bond donors (Lipinski definition) is 1. The maximum absolute atomic E-state index is 12.1. The van der Waals surface area contributed by atoms with E-state index in [1.54, 1.807) is 15.8 Å². The number of rotatable bonds is 4. The van der Waals surface area contributed by atoms with E-state index in [9.17, 15) is 14.7 Å². The highest BCUT2D eigenvalue weighted by molar-refractivity contribution is 5.81. The van der Waals surface area contributed by atoms with Gasteiger partial charge in [-0.2, -0.15) is 5.10 Å². The van der Waals surface area contributed by atoms with Gasteiger partial charge in [0.05, 0.1) is 18.7 Å². The zero-order valence-electron chi connectivity index (χ0n) is 12.1. The van der Waals surface area contributed by atoms with Crippen molar-refractivity contribution >= 4 is 11.9 Å². The molecule has 1 aromatic heterocycles. The summed E-state index contributed by atoms with van der Waals surface area (Å²) in [4.78, 5) is 25.1. The fourth-order valence-electron chi connectivity index (χ4n) is 2.99. The molecule has 0 aliphatic carbocycles. The number of aromatic nitrogens is 2. The molecule has 1 aromatic rings. The highest BCUT2D eigenvalue weighted by Crippen LogP contribution is 2.29. The summed E-state index contributed by atoms with van der Waals surface area (Å²) >= 11 is 0. The SMILES string of the molecule is Cc1cnn(CCN2C(=O)CC(C)C(C(=O)O)C2C)c1. The van der Waals surface area contributed by atoms with Crippen LogP contribution in [0, 0.1) is 18.8 Å². The van der Waals surface area contributed by atoms with Gasteiger partial charge in [-0.15, -0.1) is 0 Å². The topological polar surface area (TPSA) is 75.4 Å². The molecular formula is C14H21N3O3. The van der Waals surface area contributed by atoms with Crippen LogP contribution in [0.25, 0.3) is 0 Å². The Balaban J connectivity index is 2.05. The largest absolute Gasteiger partial charge is 0.481 e. The normalized spacial score (nSPS) is 26.9. The molecule has 3 unspecified atom stereocenters. The molecule has 1 N–H and O–H groups in total. The summed E-state index contributed by atoms with van der Waals surface area (Å²) in [7, 11) is 0. The third-order valence-corrected chi connectivity index (χ3v) is 4.06. The monoisotopic (exact) mass is 279 g/mol. The number of piperidine rings is 1. The number of aryl methyl sites for hydroxylation is 1. The molecule has 6 heteroatoms. The highest BCUT2D eigenvalue weighted by Gasteiger charge is 2.41. The molecule has 2 heterocycles. The Morgan fingerprint density at radius 2 is 2.15 bits per heavy atom. The lowest BCUT2D eigenvalue weighted by atomic mass is 9.81. The smallest absolute Gasteiger partial charge is 0.308 e. The number of amides is 1. The van der Waals surface area contributed by atoms with Gasteiger partial charge in [0.2, 0.25) is 5.91 Å². The number of carbonyl (C=O) groups is 2. The van der Waals surface area contributed by atoms with E-state index < -0.39 is 11.9 Å². The summed E-state index contributed by atoms with van der Waals surface area (Å²) in [5, 5.41) is 13.5. The van der Waals surface area contributed by atoms with Crippen LogP contribution < -0.4 is 0 Å². The Bertz CT molecular complexity index is 512. The fourth-order valence-corrected chi connectivity index (χ4v) is 2.99. The maximum Gasteiger partial charge on any atom is 0.308 e. The molecule has 1 aliphatic rings. The molecule has 0 aromatic carbocycles. The maximum atomic E-state index is 12.1. The van der Waals surface area contributed by atoms with Crippen LogP contribution in [0.2, 0.25) is 0 Å². The second-order valence-electron chi connectivity index (χ2n) is 5.65. The first-order valence-electron chi connectivity index (χ1n) is 6.91. The minimum absolute atomic E-state index is 0.0337. The number of aliphatic carboxylic acids is 1. The standard InChI is InChI=1S/C14H21N3O3/c1-9-7-15-16(8-9)4-5-17-11(3)13(14(19)20)10(2)6-12(17)18/h7-8,10-11,13H,4-6H2,1-3H3,(H,19,20). The Kier molecular flexibility index (Phi) is 4.11. The van der Waals surface area contributed by atoms with Crippen molar-refractivity contribution in [2.45, 2.75) is 39.8 Å². The van der Waals surface area contributed by atoms with Gasteiger partial charge >= 0.3 is 5.97 Å². The third-order valence-electron chi connectivity index (χ3n) is 4.06. The van der Waals surface area contributed by atoms with Crippen molar-refractivity contribution in [2.75, 3.05) is 6.54 Å². The lowest BCUT2D eigenvalue weighted by molar-refractivity contribution is -0.154. The van der Waals surface area contributed by atoms with Crippen LogP contribution >= 0.6 is 0 Å². The van der Waals surface area contributed by atoms with E-state index in [4.69, 9.17) is 0 Å². The van der Waals surface area contributed by atoms with E-state index in [0.717, 1.165) is 5.56 Å². The van der Waals surface area contributed by atoms with E-state index in [1.807, 2.05) is 27.0 Å². The van der Waals surface area contributed by atoms with E-state index in [2.05, 4.69) is 5.10 Å². The van der Waals surface area contributed by atoms with E-state index in [1.165, 1.54) is 0 Å². The molecule has 1 aliphatic heterocycles. The minimum atomic E-state index is -0.822. The van der Waals surface area contributed by atoms with Gasteiger partial charge in [-0.05, 0) is 25.3 Å². The Hall–Kier alpha value is -1.85. The van der Waals surface area contributed by atoms with Gasteiger partial charge in [0.25, 0.3) is 0 Å². The summed E-state index contributed by atoms with van der Waals surface area (Å²) < 4.78 is 1.78. The summed E-state index contributed by atoms with van der Waals surface area (Å²) in [5.41, 5.74) is 1.07. The van der Waals surface area contributed by atoms with Crippen molar-refractivity contribution in [1.82, 2.24) is 14.7 Å². The van der Waals surface area contributed by atoms with Crippen molar-refractivity contribution < 1.29 is 14.7 Å². The summed E-state index contributed by atoms with van der Waals surface area (Å²) in [5.74, 6) is -1.39. The van der Waals surface area contributed by atoms with Crippen LogP contribution in [-0.4, -0.2) is 44.3 Å². The molecule has 0 saturated carbocycles. The molecule has 0 bridgehead atoms. The predicted molar refractivity (Wildman–Crippen MR) is 73.0 cm³/mol. The molecule has 1 fully saturated rings. The van der Waals surface area contributed by atoms with Crippen molar-refractivity contribution in [3.8, 4) is 0 Å². The first-order chi connectivity index (χ1) is 9.40. The van der Waals surface area contributed by atoms with Crippen molar-refractivity contribution in [3.63, 3.8) is 0 Å². The van der Waals surface area contributed by atoms with Gasteiger partial charge in [0.15, 0.2) is 0 Å². The number of carbonyl (C=O) groups excluding carboxylic acids is 1. The van der Waals surface area contributed by atoms with E-state index in [-0.39, 0.29) is 17.9 Å². The van der Waals surface area contributed by atoms with Gasteiger partial charge in [-0.25, -0.2) is 0 Å². The van der Waals surface area contributed by atoms with Gasteiger partial charge in [0, 0.05) is 25.2 Å². The Morgan fingerprint density at radius 1 is 1.45 bits per heavy atom. The third kappa shape index (κ3) is 2.84. The molecule has 0 radical (unpaired) electrons. The summed E-state index contributed by atoms with van der Waals surface area (Å²) in [6.07, 6.45) is 3.99. The van der Waals surface area contributed by atoms with Gasteiger partial charge < -0.3 is 10.0 Å². The number of carboxylic acid groups (broad SMARTS) is 1. The lowest BCUT2D eigenvalue weighted by Crippen LogP contribution is -2.53. The lowest BCUT2D eigenvalue weighted by Gasteiger charge is -2.40. The quantitative estimate of drug-likeness (QED) is 0.897. The van der Waals surface area contributed by atoms with Crippen LogP contribution in [0.5, 0.6) is 0 Å². The number of likely N-dealkylation sites (tertiary alicyclic amines) is 1. The average Bonchev–Trinajstić information content (AvgIpc) is 2.73. The zero-order chi connectivity index (χ0) is 14.9. The summed E-state index contributed by atoms with van der Waals surface area (Å²) in [6, 6.07) is -0.277. The van der Waals surface area contributed by atoms with E-state index in [0.29, 0.717) is 19.5 Å². The second kappa shape index (κ2) is 5.64. The Morgan fingerprint density at radius 3 is 2.70 bits per heavy atom. The van der Waals surface area contributed by atoms with Crippen molar-refractivity contribution in [3.05, 3.63) is 18.0 Å². The van der Waals surface area contributed by atoms with Crippen LogP contribution in [0.4, 0.5) is 0 Å². The van der Waals surface area contributed by atoms with Crippen LogP contribution in [0.3, 0.4) is 0 Å². The molecular weight excluding hydrogens is 258 g/mol. The Labute approximate surface area is 118 Å². The van der Waals surface area contributed by atoms with Crippen LogP contribution in [0.1, 0.15) is 25.8 Å². The van der Waals surface area contributed by atoms with Crippen LogP contribution in [0.15, 0.2) is 12.4 Å². The molecule has 1 saturated heterocycles. The average molecular weight is 279 g/mol. The van der Waals surface area contributed by atoms with Gasteiger partial charge in [0.1, 0.15) is 0 Å². The fraction of sp³-hybridized carbons (Fsp3) is 0.643. The first kappa shape index (κ1) is 14.6. The van der Waals surface area contributed by atoms with Crippen molar-refractivity contribution in [2.24, 2.45) is 11.8 Å². The first-order valence-corrected chi connectivity index (χ1v) is 6.91. The predicted octanol–water partition coefficient (Wildman–Crippen LogP) is 1.15. The molecule has 0 spiro atoms. The molecule has 6 nitrogen and oxygen atoms in total. The zero-order valence-corrected chi connectivity index (χ0v) is 12.1. The minimum Gasteiger partial charge on any atom is -0.481 e. The number of hydrogen-bond acceptors (Lipinski definition) is 3. The molecule has 1 amide bonds. The van der Waals surface area contributed by atoms with Crippen molar-refractivity contribution in [1.29, 1.82) is 0 Å².